The van der Waals surface area contributed by atoms with E-state index in [2.05, 4.69) is 6.07 Å². The van der Waals surface area contributed by atoms with Gasteiger partial charge in [0.25, 0.3) is 0 Å². The summed E-state index contributed by atoms with van der Waals surface area (Å²) in [4.78, 5) is 12.2. The van der Waals surface area contributed by atoms with Crippen molar-refractivity contribution >= 4 is 27.4 Å². The molecule has 0 unspecified atom stereocenters. The molecule has 0 radical (unpaired) electrons. The highest BCUT2D eigenvalue weighted by Gasteiger charge is 2.25. The number of benzene rings is 1. The molecule has 1 aliphatic rings. The van der Waals surface area contributed by atoms with E-state index in [4.69, 9.17) is 5.11 Å². The first-order valence-electron chi connectivity index (χ1n) is 5.01. The van der Waals surface area contributed by atoms with Crippen LogP contribution in [0.1, 0.15) is 34.0 Å². The zero-order valence-corrected chi connectivity index (χ0v) is 8.88. The lowest BCUT2D eigenvalue weighted by Gasteiger charge is -1.92. The van der Waals surface area contributed by atoms with Gasteiger partial charge < -0.3 is 5.11 Å². The number of hydrogen-bond acceptors (Lipinski definition) is 2. The molecule has 0 bridgehead atoms. The predicted octanol–water partition coefficient (Wildman–Crippen LogP) is 3.48. The molecule has 2 aromatic rings. The van der Waals surface area contributed by atoms with Crippen LogP contribution in [-0.2, 0) is 0 Å². The lowest BCUT2D eigenvalue weighted by molar-refractivity contribution is 0.0697. The Hall–Kier alpha value is -1.35. The van der Waals surface area contributed by atoms with E-state index in [9.17, 15) is 4.79 Å². The quantitative estimate of drug-likeness (QED) is 0.837. The summed E-state index contributed by atoms with van der Waals surface area (Å²) < 4.78 is 1.09. The molecule has 0 saturated heterocycles. The largest absolute Gasteiger partial charge is 0.478 e. The maximum absolute atomic E-state index is 10.8. The Bertz CT molecular complexity index is 538. The molecule has 0 atom stereocenters. The van der Waals surface area contributed by atoms with Gasteiger partial charge in [0.2, 0.25) is 0 Å². The number of carbonyl (C=O) groups is 1. The average Bonchev–Trinajstić information content (AvgIpc) is 2.97. The van der Waals surface area contributed by atoms with E-state index in [1.807, 2.05) is 6.07 Å². The van der Waals surface area contributed by atoms with Gasteiger partial charge in [-0.3, -0.25) is 0 Å². The van der Waals surface area contributed by atoms with Crippen LogP contribution in [0.2, 0.25) is 0 Å². The molecule has 3 heteroatoms. The van der Waals surface area contributed by atoms with Crippen molar-refractivity contribution in [3.05, 3.63) is 34.7 Å². The van der Waals surface area contributed by atoms with Crippen molar-refractivity contribution < 1.29 is 9.90 Å². The first-order valence-corrected chi connectivity index (χ1v) is 5.82. The molecule has 1 aromatic carbocycles. The van der Waals surface area contributed by atoms with Crippen LogP contribution in [-0.4, -0.2) is 11.1 Å². The monoisotopic (exact) mass is 218 g/mol. The number of carboxylic acid groups (broad SMARTS) is 1. The van der Waals surface area contributed by atoms with Crippen LogP contribution in [0.15, 0.2) is 24.3 Å². The van der Waals surface area contributed by atoms with E-state index >= 15 is 0 Å². The molecular weight excluding hydrogens is 208 g/mol. The highest BCUT2D eigenvalue weighted by molar-refractivity contribution is 7.19. The second kappa shape index (κ2) is 3.07. The SMILES string of the molecule is O=C(O)c1ccc2cc(C3CC3)sc2c1. The van der Waals surface area contributed by atoms with Gasteiger partial charge in [-0.15, -0.1) is 11.3 Å². The molecule has 15 heavy (non-hydrogen) atoms. The highest BCUT2D eigenvalue weighted by Crippen LogP contribution is 2.45. The minimum atomic E-state index is -0.849. The van der Waals surface area contributed by atoms with Gasteiger partial charge in [-0.2, -0.15) is 0 Å². The van der Waals surface area contributed by atoms with Crippen molar-refractivity contribution in [2.24, 2.45) is 0 Å². The lowest BCUT2D eigenvalue weighted by atomic mass is 10.1. The van der Waals surface area contributed by atoms with Crippen molar-refractivity contribution in [3.8, 4) is 0 Å². The Morgan fingerprint density at radius 1 is 1.33 bits per heavy atom. The molecule has 0 aliphatic heterocycles. The number of hydrogen-bond donors (Lipinski definition) is 1. The van der Waals surface area contributed by atoms with Crippen LogP contribution in [0.5, 0.6) is 0 Å². The topological polar surface area (TPSA) is 37.3 Å². The van der Waals surface area contributed by atoms with Crippen molar-refractivity contribution in [1.82, 2.24) is 0 Å². The summed E-state index contributed by atoms with van der Waals surface area (Å²) in [7, 11) is 0. The Labute approximate surface area is 91.2 Å². The molecule has 0 spiro atoms. The van der Waals surface area contributed by atoms with Crippen LogP contribution in [0.25, 0.3) is 10.1 Å². The third-order valence-electron chi connectivity index (χ3n) is 2.77. The molecule has 3 rings (SSSR count). The summed E-state index contributed by atoms with van der Waals surface area (Å²) in [6.07, 6.45) is 2.58. The molecule has 1 saturated carbocycles. The molecule has 2 nitrogen and oxygen atoms in total. The Morgan fingerprint density at radius 2 is 2.13 bits per heavy atom. The van der Waals surface area contributed by atoms with Gasteiger partial charge >= 0.3 is 5.97 Å². The molecular formula is C12H10O2S. The standard InChI is InChI=1S/C12H10O2S/c13-12(14)9-4-3-8-5-10(7-1-2-7)15-11(8)6-9/h3-7H,1-2H2,(H,13,14). The van der Waals surface area contributed by atoms with Crippen LogP contribution in [0.4, 0.5) is 0 Å². The van der Waals surface area contributed by atoms with Crippen molar-refractivity contribution in [3.63, 3.8) is 0 Å². The third-order valence-corrected chi connectivity index (χ3v) is 4.03. The fraction of sp³-hybridized carbons (Fsp3) is 0.250. The smallest absolute Gasteiger partial charge is 0.335 e. The maximum Gasteiger partial charge on any atom is 0.335 e. The van der Waals surface area contributed by atoms with Crippen LogP contribution >= 0.6 is 11.3 Å². The van der Waals surface area contributed by atoms with Gasteiger partial charge in [0.15, 0.2) is 0 Å². The molecule has 1 aliphatic carbocycles. The Kier molecular flexibility index (Phi) is 1.83. The van der Waals surface area contributed by atoms with Gasteiger partial charge in [-0.05, 0) is 42.3 Å². The summed E-state index contributed by atoms with van der Waals surface area (Å²) in [5, 5.41) is 10.1. The Balaban J connectivity index is 2.13. The molecule has 1 aromatic heterocycles. The van der Waals surface area contributed by atoms with Gasteiger partial charge in [0, 0.05) is 9.58 Å². The minimum absolute atomic E-state index is 0.381. The second-order valence-electron chi connectivity index (χ2n) is 3.98. The Morgan fingerprint density at radius 3 is 2.80 bits per heavy atom. The first kappa shape index (κ1) is 8.92. The predicted molar refractivity (Wildman–Crippen MR) is 60.8 cm³/mol. The van der Waals surface area contributed by atoms with Crippen molar-refractivity contribution in [2.75, 3.05) is 0 Å². The zero-order chi connectivity index (χ0) is 10.4. The number of rotatable bonds is 2. The van der Waals surface area contributed by atoms with Crippen LogP contribution in [0, 0.1) is 0 Å². The summed E-state index contributed by atoms with van der Waals surface area (Å²) in [5.74, 6) is -0.103. The number of carboxylic acids is 1. The molecule has 1 N–H and O–H groups in total. The van der Waals surface area contributed by atoms with Crippen molar-refractivity contribution in [1.29, 1.82) is 0 Å². The van der Waals surface area contributed by atoms with Crippen LogP contribution in [0.3, 0.4) is 0 Å². The van der Waals surface area contributed by atoms with E-state index in [0.29, 0.717) is 5.56 Å². The summed E-state index contributed by atoms with van der Waals surface area (Å²) in [5.41, 5.74) is 0.381. The zero-order valence-electron chi connectivity index (χ0n) is 8.06. The highest BCUT2D eigenvalue weighted by atomic mass is 32.1. The van der Waals surface area contributed by atoms with E-state index in [-0.39, 0.29) is 0 Å². The molecule has 1 fully saturated rings. The van der Waals surface area contributed by atoms with E-state index in [0.717, 1.165) is 10.6 Å². The number of fused-ring (bicyclic) bond motifs is 1. The second-order valence-corrected chi connectivity index (χ2v) is 5.10. The summed E-state index contributed by atoms with van der Waals surface area (Å²) in [6.45, 7) is 0. The molecule has 0 amide bonds. The van der Waals surface area contributed by atoms with E-state index < -0.39 is 5.97 Å². The molecule has 76 valence electrons. The van der Waals surface area contributed by atoms with Gasteiger partial charge in [0.1, 0.15) is 0 Å². The van der Waals surface area contributed by atoms with Gasteiger partial charge in [-0.1, -0.05) is 6.07 Å². The summed E-state index contributed by atoms with van der Waals surface area (Å²) >= 11 is 1.74. The fourth-order valence-corrected chi connectivity index (χ4v) is 3.03. The number of aromatic carboxylic acids is 1. The number of thiophene rings is 1. The maximum atomic E-state index is 10.8. The normalized spacial score (nSPS) is 15.7. The molecule has 1 heterocycles. The van der Waals surface area contributed by atoms with Gasteiger partial charge in [0.05, 0.1) is 5.56 Å². The van der Waals surface area contributed by atoms with E-state index in [1.165, 1.54) is 23.1 Å². The van der Waals surface area contributed by atoms with E-state index in [1.54, 1.807) is 23.5 Å². The van der Waals surface area contributed by atoms with Crippen LogP contribution < -0.4 is 0 Å². The third kappa shape index (κ3) is 1.53. The summed E-state index contributed by atoms with van der Waals surface area (Å²) in [6, 6.07) is 7.55. The van der Waals surface area contributed by atoms with Gasteiger partial charge in [-0.25, -0.2) is 4.79 Å². The minimum Gasteiger partial charge on any atom is -0.478 e. The average molecular weight is 218 g/mol. The fourth-order valence-electron chi connectivity index (χ4n) is 1.75. The van der Waals surface area contributed by atoms with Crippen molar-refractivity contribution in [2.45, 2.75) is 18.8 Å². The first-order chi connectivity index (χ1) is 7.24. The lowest BCUT2D eigenvalue weighted by Crippen LogP contribution is -1.94.